The van der Waals surface area contributed by atoms with E-state index in [1.165, 1.54) is 25.6 Å². The van der Waals surface area contributed by atoms with Crippen molar-refractivity contribution in [3.8, 4) is 0 Å². The van der Waals surface area contributed by atoms with Gasteiger partial charge in [-0.15, -0.1) is 0 Å². The molecule has 0 radical (unpaired) electrons. The molecular weight excluding hydrogens is 190 g/mol. The lowest BCUT2D eigenvalue weighted by Crippen LogP contribution is -2.25. The lowest BCUT2D eigenvalue weighted by molar-refractivity contribution is 0.379. The van der Waals surface area contributed by atoms with Crippen LogP contribution < -0.4 is 5.69 Å². The normalized spacial score (nSPS) is 12.7. The van der Waals surface area contributed by atoms with E-state index in [1.54, 1.807) is 10.9 Å². The molecule has 1 unspecified atom stereocenters. The van der Waals surface area contributed by atoms with E-state index in [-0.39, 0.29) is 5.69 Å². The van der Waals surface area contributed by atoms with E-state index in [9.17, 15) is 4.79 Å². The maximum Gasteiger partial charge on any atom is 0.350 e. The third-order valence-corrected chi connectivity index (χ3v) is 2.68. The molecule has 0 amide bonds. The Morgan fingerprint density at radius 2 is 2.27 bits per heavy atom. The topological polar surface area (TPSA) is 47.8 Å². The van der Waals surface area contributed by atoms with Gasteiger partial charge in [-0.05, 0) is 12.3 Å². The van der Waals surface area contributed by atoms with Crippen LogP contribution >= 0.6 is 0 Å². The number of nitrogens with zero attached hydrogens (tertiary/aromatic N) is 3. The first-order valence-corrected chi connectivity index (χ1v) is 5.64. The summed E-state index contributed by atoms with van der Waals surface area (Å²) in [6.07, 6.45) is 7.57. The van der Waals surface area contributed by atoms with E-state index in [0.29, 0.717) is 5.92 Å². The van der Waals surface area contributed by atoms with Gasteiger partial charge in [0.1, 0.15) is 12.7 Å². The number of rotatable bonds is 6. The summed E-state index contributed by atoms with van der Waals surface area (Å²) in [7, 11) is 0. The predicted molar refractivity (Wildman–Crippen MR) is 59.6 cm³/mol. The van der Waals surface area contributed by atoms with Crippen LogP contribution in [-0.2, 0) is 6.54 Å². The Morgan fingerprint density at radius 3 is 2.87 bits per heavy atom. The smallest absolute Gasteiger partial charge is 0.282 e. The maximum absolute atomic E-state index is 11.4. The summed E-state index contributed by atoms with van der Waals surface area (Å²) in [5, 5.41) is 0. The molecule has 4 nitrogen and oxygen atoms in total. The molecule has 0 aromatic carbocycles. The van der Waals surface area contributed by atoms with Crippen LogP contribution in [0.15, 0.2) is 17.4 Å². The van der Waals surface area contributed by atoms with Crippen molar-refractivity contribution in [1.29, 1.82) is 0 Å². The molecule has 0 fully saturated rings. The first-order valence-electron chi connectivity index (χ1n) is 5.64. The second kappa shape index (κ2) is 6.32. The van der Waals surface area contributed by atoms with Gasteiger partial charge in [0.05, 0.1) is 0 Å². The summed E-state index contributed by atoms with van der Waals surface area (Å²) < 4.78 is 1.60. The van der Waals surface area contributed by atoms with E-state index in [1.807, 2.05) is 0 Å². The minimum absolute atomic E-state index is 0.194. The molecule has 84 valence electrons. The van der Waals surface area contributed by atoms with Crippen LogP contribution in [0.25, 0.3) is 0 Å². The molecule has 1 aromatic rings. The van der Waals surface area contributed by atoms with E-state index in [4.69, 9.17) is 0 Å². The lowest BCUT2D eigenvalue weighted by Gasteiger charge is -2.14. The number of unbranched alkanes of at least 4 members (excludes halogenated alkanes) is 1. The van der Waals surface area contributed by atoms with Gasteiger partial charge < -0.3 is 0 Å². The largest absolute Gasteiger partial charge is 0.350 e. The van der Waals surface area contributed by atoms with Crippen molar-refractivity contribution in [3.05, 3.63) is 23.1 Å². The van der Waals surface area contributed by atoms with Crippen LogP contribution in [0.3, 0.4) is 0 Å². The molecular formula is C11H19N3O. The van der Waals surface area contributed by atoms with Crippen molar-refractivity contribution in [2.24, 2.45) is 5.92 Å². The quantitative estimate of drug-likeness (QED) is 0.718. The Morgan fingerprint density at radius 1 is 1.47 bits per heavy atom. The van der Waals surface area contributed by atoms with Gasteiger partial charge in [-0.1, -0.05) is 33.1 Å². The van der Waals surface area contributed by atoms with Crippen LogP contribution in [0, 0.1) is 5.92 Å². The van der Waals surface area contributed by atoms with E-state index in [2.05, 4.69) is 23.8 Å². The summed E-state index contributed by atoms with van der Waals surface area (Å²) in [5.41, 5.74) is -0.194. The third-order valence-electron chi connectivity index (χ3n) is 2.68. The van der Waals surface area contributed by atoms with Crippen LogP contribution in [0.1, 0.15) is 39.5 Å². The fraction of sp³-hybridized carbons (Fsp3) is 0.727. The Bertz CT molecular complexity index is 335. The predicted octanol–water partition coefficient (Wildman–Crippen LogP) is 1.85. The highest BCUT2D eigenvalue weighted by Crippen LogP contribution is 2.13. The molecule has 1 rings (SSSR count). The molecule has 0 bridgehead atoms. The summed E-state index contributed by atoms with van der Waals surface area (Å²) in [4.78, 5) is 18.9. The van der Waals surface area contributed by atoms with E-state index in [0.717, 1.165) is 13.0 Å². The molecule has 1 aromatic heterocycles. The second-order valence-corrected chi connectivity index (χ2v) is 3.86. The zero-order valence-electron chi connectivity index (χ0n) is 9.52. The van der Waals surface area contributed by atoms with Gasteiger partial charge in [-0.2, -0.15) is 4.98 Å². The standard InChI is InChI=1S/C11H19N3O/c1-3-5-6-10(4-2)7-14-9-12-8-13-11(14)15/h8-10H,3-7H2,1-2H3. The molecule has 1 heterocycles. The van der Waals surface area contributed by atoms with Gasteiger partial charge in [0.15, 0.2) is 0 Å². The summed E-state index contributed by atoms with van der Waals surface area (Å²) in [6.45, 7) is 5.09. The van der Waals surface area contributed by atoms with Crippen molar-refractivity contribution >= 4 is 0 Å². The number of hydrogen-bond donors (Lipinski definition) is 0. The average molecular weight is 209 g/mol. The monoisotopic (exact) mass is 209 g/mol. The molecule has 0 aliphatic heterocycles. The molecule has 1 atom stereocenters. The molecule has 0 saturated heterocycles. The first-order chi connectivity index (χ1) is 7.27. The van der Waals surface area contributed by atoms with Crippen molar-refractivity contribution in [2.45, 2.75) is 46.1 Å². The molecule has 0 aliphatic rings. The Labute approximate surface area is 90.4 Å². The van der Waals surface area contributed by atoms with Crippen LogP contribution in [-0.4, -0.2) is 14.5 Å². The summed E-state index contributed by atoms with van der Waals surface area (Å²) in [5.74, 6) is 0.564. The number of aromatic nitrogens is 3. The third kappa shape index (κ3) is 3.81. The van der Waals surface area contributed by atoms with Gasteiger partial charge in [-0.25, -0.2) is 9.78 Å². The van der Waals surface area contributed by atoms with E-state index >= 15 is 0 Å². The van der Waals surface area contributed by atoms with Crippen molar-refractivity contribution in [1.82, 2.24) is 14.5 Å². The SMILES string of the molecule is CCCCC(CC)Cn1cncnc1=O. The summed E-state index contributed by atoms with van der Waals surface area (Å²) in [6, 6.07) is 0. The highest BCUT2D eigenvalue weighted by atomic mass is 16.1. The van der Waals surface area contributed by atoms with Crippen molar-refractivity contribution in [2.75, 3.05) is 0 Å². The lowest BCUT2D eigenvalue weighted by atomic mass is 9.99. The molecule has 15 heavy (non-hydrogen) atoms. The minimum Gasteiger partial charge on any atom is -0.282 e. The van der Waals surface area contributed by atoms with Gasteiger partial charge in [0, 0.05) is 6.54 Å². The molecule has 0 saturated carbocycles. The van der Waals surface area contributed by atoms with Crippen LogP contribution in [0.4, 0.5) is 0 Å². The van der Waals surface area contributed by atoms with Crippen molar-refractivity contribution < 1.29 is 0 Å². The Hall–Kier alpha value is -1.19. The van der Waals surface area contributed by atoms with Crippen LogP contribution in [0.5, 0.6) is 0 Å². The maximum atomic E-state index is 11.4. The van der Waals surface area contributed by atoms with Crippen LogP contribution in [0.2, 0.25) is 0 Å². The molecule has 0 spiro atoms. The zero-order chi connectivity index (χ0) is 11.1. The zero-order valence-corrected chi connectivity index (χ0v) is 9.52. The average Bonchev–Trinajstić information content (AvgIpc) is 2.26. The number of hydrogen-bond acceptors (Lipinski definition) is 3. The van der Waals surface area contributed by atoms with Gasteiger partial charge in [-0.3, -0.25) is 4.57 Å². The van der Waals surface area contributed by atoms with Gasteiger partial charge in [0.2, 0.25) is 0 Å². The first kappa shape index (κ1) is 11.9. The summed E-state index contributed by atoms with van der Waals surface area (Å²) >= 11 is 0. The fourth-order valence-corrected chi connectivity index (χ4v) is 1.64. The van der Waals surface area contributed by atoms with Gasteiger partial charge >= 0.3 is 5.69 Å². The Balaban J connectivity index is 2.58. The molecule has 4 heteroatoms. The molecule has 0 N–H and O–H groups in total. The molecule has 0 aliphatic carbocycles. The highest BCUT2D eigenvalue weighted by molar-refractivity contribution is 4.68. The highest BCUT2D eigenvalue weighted by Gasteiger charge is 2.07. The van der Waals surface area contributed by atoms with E-state index < -0.39 is 0 Å². The fourth-order valence-electron chi connectivity index (χ4n) is 1.64. The Kier molecular flexibility index (Phi) is 5.01. The van der Waals surface area contributed by atoms with Gasteiger partial charge in [0.25, 0.3) is 0 Å². The second-order valence-electron chi connectivity index (χ2n) is 3.86. The van der Waals surface area contributed by atoms with Crippen molar-refractivity contribution in [3.63, 3.8) is 0 Å². The minimum atomic E-state index is -0.194.